The molecular weight excluding hydrogens is 390 g/mol. The number of hydrogen-bond acceptors (Lipinski definition) is 0. The summed E-state index contributed by atoms with van der Waals surface area (Å²) in [6.45, 7) is 0. The van der Waals surface area contributed by atoms with Crippen LogP contribution in [0.3, 0.4) is 0 Å². The van der Waals surface area contributed by atoms with Crippen molar-refractivity contribution in [1.29, 1.82) is 0 Å². The summed E-state index contributed by atoms with van der Waals surface area (Å²) in [5.74, 6) is 0. The van der Waals surface area contributed by atoms with Gasteiger partial charge >= 0.3 is 18.9 Å². The topological polar surface area (TPSA) is 0 Å². The Balaban J connectivity index is 0. The fourth-order valence-electron chi connectivity index (χ4n) is 0. The normalized spacial score (nSPS) is 0. The van der Waals surface area contributed by atoms with Crippen molar-refractivity contribution in [3.63, 3.8) is 0 Å². The maximum absolute atomic E-state index is 0. The molecule has 0 bridgehead atoms. The van der Waals surface area contributed by atoms with Crippen LogP contribution in [0.5, 0.6) is 0 Å². The summed E-state index contributed by atoms with van der Waals surface area (Å²) < 4.78 is 0. The second kappa shape index (κ2) is 16.6. The molecule has 0 aliphatic rings. The molecule has 0 aromatic rings. The van der Waals surface area contributed by atoms with Crippen LogP contribution in [-0.2, 0) is 21.7 Å². The van der Waals surface area contributed by atoms with E-state index in [2.05, 4.69) is 0 Å². The third-order valence-corrected chi connectivity index (χ3v) is 0. The Kier molecular flexibility index (Phi) is 116. The Bertz CT molecular complexity index is 11.6. The van der Waals surface area contributed by atoms with Gasteiger partial charge in [-0.3, -0.25) is 0 Å². The van der Waals surface area contributed by atoms with E-state index < -0.39 is 0 Å². The molecule has 0 saturated carbocycles. The van der Waals surface area contributed by atoms with Gasteiger partial charge in [0.1, 0.15) is 0 Å². The van der Waals surface area contributed by atoms with Crippen molar-refractivity contribution in [3.05, 3.63) is 0 Å². The predicted octanol–water partition coefficient (Wildman–Crippen LogP) is -3.65. The molecule has 0 aliphatic heterocycles. The Morgan fingerprint density at radius 3 is 1.25 bits per heavy atom. The van der Waals surface area contributed by atoms with Gasteiger partial charge in [-0.15, -0.1) is 0 Å². The molecule has 0 spiro atoms. The smallest absolute Gasteiger partial charge is 1.00 e. The molecular formula is HLiPbTeTi. The van der Waals surface area contributed by atoms with E-state index in [1.54, 1.807) is 0 Å². The maximum Gasteiger partial charge on any atom is 1.00 e. The molecule has 0 saturated heterocycles. The Morgan fingerprint density at radius 1 is 1.25 bits per heavy atom. The molecule has 6 radical (unpaired) electrons. The molecule has 0 aromatic carbocycles. The van der Waals surface area contributed by atoms with Gasteiger partial charge in [-0.05, 0) is 0 Å². The summed E-state index contributed by atoms with van der Waals surface area (Å²) >= 11 is 0. The van der Waals surface area contributed by atoms with E-state index >= 15 is 0 Å². The minimum atomic E-state index is 0. The molecule has 4 heavy (non-hydrogen) atoms. The van der Waals surface area contributed by atoms with Gasteiger partial charge in [0, 0.05) is 72.7 Å². The summed E-state index contributed by atoms with van der Waals surface area (Å²) in [7, 11) is 0. The first-order valence-electron chi connectivity index (χ1n) is 0. The van der Waals surface area contributed by atoms with Crippen LogP contribution in [-0.4, -0.2) is 51.0 Å². The third kappa shape index (κ3) is 8.90. The van der Waals surface area contributed by atoms with E-state index in [-0.39, 0.29) is 93.0 Å². The van der Waals surface area contributed by atoms with E-state index in [0.29, 0.717) is 0 Å². The maximum atomic E-state index is 0. The zero-order valence-corrected chi connectivity index (χ0v) is 10.2. The zero-order valence-electron chi connectivity index (χ0n) is 3.41. The summed E-state index contributed by atoms with van der Waals surface area (Å²) in [4.78, 5) is 0. The standard InChI is InChI=1S/Li.Pb.Te.Ti.H/q+1;;;;-1. The van der Waals surface area contributed by atoms with Gasteiger partial charge < -0.3 is 1.43 Å². The van der Waals surface area contributed by atoms with Crippen molar-refractivity contribution in [2.75, 3.05) is 0 Å². The third-order valence-electron chi connectivity index (χ3n) is 0. The molecule has 0 amide bonds. The van der Waals surface area contributed by atoms with Crippen LogP contribution in [0.2, 0.25) is 0 Å². The first-order chi connectivity index (χ1) is 0. The van der Waals surface area contributed by atoms with E-state index in [0.717, 1.165) is 0 Å². The number of rotatable bonds is 0. The molecule has 4 heteroatoms. The SMILES string of the molecule is [H-].[Li+].[Pb].[Te].[Ti]. The molecule has 0 fully saturated rings. The summed E-state index contributed by atoms with van der Waals surface area (Å²) in [6.07, 6.45) is 0. The van der Waals surface area contributed by atoms with Gasteiger partial charge in [0.05, 0.1) is 0 Å². The van der Waals surface area contributed by atoms with Crippen LogP contribution in [0.1, 0.15) is 1.43 Å². The first kappa shape index (κ1) is 27.9. The van der Waals surface area contributed by atoms with Gasteiger partial charge in [-0.25, -0.2) is 0 Å². The Labute approximate surface area is 91.3 Å². The molecule has 0 aliphatic carbocycles. The van der Waals surface area contributed by atoms with Gasteiger partial charge in [-0.2, -0.15) is 0 Å². The van der Waals surface area contributed by atoms with Crippen molar-refractivity contribution in [3.8, 4) is 0 Å². The van der Waals surface area contributed by atoms with Crippen molar-refractivity contribution < 1.29 is 42.0 Å². The van der Waals surface area contributed by atoms with E-state index in [9.17, 15) is 0 Å². The fraction of sp³-hybridized carbons (Fsp3) is 0. The van der Waals surface area contributed by atoms with Gasteiger partial charge in [0.2, 0.25) is 0 Å². The molecule has 0 N–H and O–H groups in total. The second-order valence-corrected chi connectivity index (χ2v) is 0. The van der Waals surface area contributed by atoms with Crippen LogP contribution >= 0.6 is 0 Å². The molecule has 0 heterocycles. The molecule has 0 nitrogen and oxygen atoms in total. The molecule has 0 rings (SSSR count). The van der Waals surface area contributed by atoms with Crippen molar-refractivity contribution in [2.24, 2.45) is 0 Å². The van der Waals surface area contributed by atoms with Gasteiger partial charge in [0.15, 0.2) is 0 Å². The zero-order chi connectivity index (χ0) is 0. The number of hydrogen-bond donors (Lipinski definition) is 0. The van der Waals surface area contributed by atoms with Crippen LogP contribution in [0.25, 0.3) is 0 Å². The van der Waals surface area contributed by atoms with Crippen molar-refractivity contribution >= 4 is 51.0 Å². The Morgan fingerprint density at radius 2 is 1.25 bits per heavy atom. The first-order valence-corrected chi connectivity index (χ1v) is 0. The molecule has 0 unspecified atom stereocenters. The summed E-state index contributed by atoms with van der Waals surface area (Å²) in [5, 5.41) is 0. The van der Waals surface area contributed by atoms with E-state index in [1.165, 1.54) is 0 Å². The quantitative estimate of drug-likeness (QED) is 0.374. The molecule has 16 valence electrons. The minimum Gasteiger partial charge on any atom is -1.00 e. The van der Waals surface area contributed by atoms with Crippen LogP contribution in [0.4, 0.5) is 0 Å². The average Bonchev–Trinajstić information content (AvgIpc) is 0. The van der Waals surface area contributed by atoms with E-state index in [4.69, 9.17) is 0 Å². The fourth-order valence-corrected chi connectivity index (χ4v) is 0. The molecule has 0 atom stereocenters. The van der Waals surface area contributed by atoms with Crippen LogP contribution in [0, 0.1) is 0 Å². The Hall–Kier alpha value is 3.02. The average molecular weight is 391 g/mol. The van der Waals surface area contributed by atoms with Crippen LogP contribution in [0.15, 0.2) is 0 Å². The summed E-state index contributed by atoms with van der Waals surface area (Å²) in [6, 6.07) is 0. The van der Waals surface area contributed by atoms with E-state index in [1.807, 2.05) is 0 Å². The monoisotopic (exact) mass is 394 g/mol. The predicted molar refractivity (Wildman–Crippen MR) is 12.6 cm³/mol. The van der Waals surface area contributed by atoms with Gasteiger partial charge in [-0.1, -0.05) is 0 Å². The minimum absolute atomic E-state index is 0. The molecule has 0 aromatic heterocycles. The summed E-state index contributed by atoms with van der Waals surface area (Å²) in [5.41, 5.74) is 0. The van der Waals surface area contributed by atoms with Crippen molar-refractivity contribution in [1.82, 2.24) is 0 Å². The van der Waals surface area contributed by atoms with Gasteiger partial charge in [0.25, 0.3) is 0 Å². The largest absolute Gasteiger partial charge is 1.00 e. The van der Waals surface area contributed by atoms with Crippen molar-refractivity contribution in [2.45, 2.75) is 0 Å². The van der Waals surface area contributed by atoms with Crippen LogP contribution < -0.4 is 18.9 Å². The second-order valence-electron chi connectivity index (χ2n) is 0.